The van der Waals surface area contributed by atoms with E-state index in [9.17, 15) is 9.59 Å². The Morgan fingerprint density at radius 1 is 1.11 bits per heavy atom. The summed E-state index contributed by atoms with van der Waals surface area (Å²) in [4.78, 5) is 43.0. The summed E-state index contributed by atoms with van der Waals surface area (Å²) in [5.41, 5.74) is 4.67. The number of pyridine rings is 1. The second-order valence-electron chi connectivity index (χ2n) is 12.0. The van der Waals surface area contributed by atoms with Crippen molar-refractivity contribution in [3.63, 3.8) is 0 Å². The van der Waals surface area contributed by atoms with Crippen molar-refractivity contribution < 1.29 is 19.1 Å². The van der Waals surface area contributed by atoms with Gasteiger partial charge in [0, 0.05) is 67.8 Å². The van der Waals surface area contributed by atoms with E-state index in [-0.39, 0.29) is 30.8 Å². The van der Waals surface area contributed by atoms with Gasteiger partial charge in [-0.05, 0) is 44.0 Å². The van der Waals surface area contributed by atoms with Crippen LogP contribution in [0, 0.1) is 6.92 Å². The Morgan fingerprint density at radius 3 is 2.70 bits per heavy atom. The van der Waals surface area contributed by atoms with Gasteiger partial charge in [-0.3, -0.25) is 19.6 Å². The zero-order chi connectivity index (χ0) is 32.9. The summed E-state index contributed by atoms with van der Waals surface area (Å²) in [6.45, 7) is 10.3. The van der Waals surface area contributed by atoms with Crippen LogP contribution in [0.1, 0.15) is 47.5 Å². The minimum absolute atomic E-state index is 0.151. The number of aromatic nitrogens is 3. The van der Waals surface area contributed by atoms with Crippen LogP contribution >= 0.6 is 11.6 Å². The summed E-state index contributed by atoms with van der Waals surface area (Å²) in [5, 5.41) is 0.573. The molecule has 2 aromatic heterocycles. The largest absolute Gasteiger partial charge is 0.488 e. The Morgan fingerprint density at radius 2 is 1.94 bits per heavy atom. The van der Waals surface area contributed by atoms with Crippen LogP contribution < -0.4 is 4.74 Å². The normalized spacial score (nSPS) is 17.6. The molecule has 11 heteroatoms. The molecule has 0 N–H and O–H groups in total. The Bertz CT molecular complexity index is 1740. The molecule has 2 aliphatic heterocycles. The zero-order valence-corrected chi connectivity index (χ0v) is 27.5. The molecule has 47 heavy (non-hydrogen) atoms. The summed E-state index contributed by atoms with van der Waals surface area (Å²) in [6.07, 6.45) is 5.70. The number of hydrogen-bond donors (Lipinski definition) is 0. The number of benzene rings is 2. The third-order valence-electron chi connectivity index (χ3n) is 8.53. The molecule has 0 bridgehead atoms. The number of carbonyl (C=O) groups excluding carboxylic acids is 2. The molecule has 1 saturated heterocycles. The summed E-state index contributed by atoms with van der Waals surface area (Å²) < 4.78 is 13.7. The number of fused-ring (bicyclic) bond motifs is 2. The predicted octanol–water partition coefficient (Wildman–Crippen LogP) is 6.00. The van der Waals surface area contributed by atoms with Gasteiger partial charge in [-0.15, -0.1) is 0 Å². The van der Waals surface area contributed by atoms with Crippen LogP contribution in [0.2, 0.25) is 5.02 Å². The zero-order valence-electron chi connectivity index (χ0n) is 26.7. The van der Waals surface area contributed by atoms with Gasteiger partial charge in [0.25, 0.3) is 0 Å². The van der Waals surface area contributed by atoms with Gasteiger partial charge >= 0.3 is 6.09 Å². The van der Waals surface area contributed by atoms with Crippen molar-refractivity contribution in [3.05, 3.63) is 125 Å². The van der Waals surface area contributed by atoms with E-state index >= 15 is 0 Å². The standard InChI is InChI=1S/C36H39ClN6O4/c1-25(2)47-36(45)43-18-17-41(34-30-13-12-29(37)19-32(30)46-23-28-11-7-14-38-33(28)34)22-31(43)35(44)42(21-27-9-5-4-6-10-27)16-8-15-40-20-26(3)39-24-40/h4-7,9-14,19-20,24,31,34H,1,8,15-18,21-23H2,2-3H3/t31-,34-/m1/s1. The van der Waals surface area contributed by atoms with Crippen LogP contribution in [0.4, 0.5) is 4.79 Å². The highest BCUT2D eigenvalue weighted by atomic mass is 35.5. The average Bonchev–Trinajstić information content (AvgIpc) is 3.41. The lowest BCUT2D eigenvalue weighted by Crippen LogP contribution is -2.61. The third kappa shape index (κ3) is 7.50. The number of ether oxygens (including phenoxy) is 2. The van der Waals surface area contributed by atoms with Crippen LogP contribution in [0.15, 0.2) is 91.7 Å². The van der Waals surface area contributed by atoms with Crippen molar-refractivity contribution in [1.82, 2.24) is 29.2 Å². The molecule has 6 rings (SSSR count). The summed E-state index contributed by atoms with van der Waals surface area (Å²) in [6, 6.07) is 18.3. The molecule has 0 aliphatic carbocycles. The fourth-order valence-corrected chi connectivity index (χ4v) is 6.51. The van der Waals surface area contributed by atoms with Crippen LogP contribution in [0.25, 0.3) is 0 Å². The number of aryl methyl sites for hydroxylation is 2. The molecule has 2 aromatic carbocycles. The summed E-state index contributed by atoms with van der Waals surface area (Å²) in [5.74, 6) is 0.791. The van der Waals surface area contributed by atoms with E-state index in [1.807, 2.05) is 83.3 Å². The number of allylic oxidation sites excluding steroid dienone is 1. The van der Waals surface area contributed by atoms with E-state index in [0.717, 1.165) is 28.1 Å². The van der Waals surface area contributed by atoms with Crippen LogP contribution in [-0.4, -0.2) is 73.5 Å². The number of halogens is 1. The number of carbonyl (C=O) groups is 2. The number of imidazole rings is 1. The maximum Gasteiger partial charge on any atom is 0.415 e. The number of piperazine rings is 1. The van der Waals surface area contributed by atoms with Gasteiger partial charge in [0.1, 0.15) is 18.4 Å². The van der Waals surface area contributed by atoms with Crippen molar-refractivity contribution >= 4 is 23.6 Å². The molecule has 4 aromatic rings. The molecule has 0 radical (unpaired) electrons. The van der Waals surface area contributed by atoms with Crippen molar-refractivity contribution in [2.75, 3.05) is 26.2 Å². The van der Waals surface area contributed by atoms with Crippen LogP contribution in [-0.2, 0) is 29.2 Å². The Balaban J connectivity index is 1.34. The maximum absolute atomic E-state index is 14.7. The minimum Gasteiger partial charge on any atom is -0.488 e. The van der Waals surface area contributed by atoms with Gasteiger partial charge in [0.05, 0.1) is 29.5 Å². The Kier molecular flexibility index (Phi) is 9.89. The average molecular weight is 655 g/mol. The Hall–Kier alpha value is -4.67. The molecule has 0 saturated carbocycles. The van der Waals surface area contributed by atoms with Gasteiger partial charge in [-0.2, -0.15) is 0 Å². The highest BCUT2D eigenvalue weighted by Gasteiger charge is 2.42. The highest BCUT2D eigenvalue weighted by Crippen LogP contribution is 2.40. The number of rotatable bonds is 9. The van der Waals surface area contributed by atoms with E-state index in [2.05, 4.69) is 16.5 Å². The number of hydrogen-bond acceptors (Lipinski definition) is 7. The van der Waals surface area contributed by atoms with Crippen molar-refractivity contribution in [2.24, 2.45) is 0 Å². The number of nitrogens with zero attached hydrogens (tertiary/aromatic N) is 6. The molecule has 0 unspecified atom stereocenters. The van der Waals surface area contributed by atoms with Gasteiger partial charge < -0.3 is 18.9 Å². The SMILES string of the molecule is C=C(C)OC(=O)N1CCN([C@@H]2c3ccc(Cl)cc3OCc3cccnc32)C[C@@H]1C(=O)N(CCCn1cnc(C)c1)Cc1ccccc1. The first-order chi connectivity index (χ1) is 22.8. The molecule has 2 aliphatic rings. The molecule has 10 nitrogen and oxygen atoms in total. The summed E-state index contributed by atoms with van der Waals surface area (Å²) >= 11 is 6.39. The fraction of sp³-hybridized carbons (Fsp3) is 0.333. The van der Waals surface area contributed by atoms with Crippen molar-refractivity contribution in [2.45, 2.75) is 52.0 Å². The second kappa shape index (κ2) is 14.4. The molecular weight excluding hydrogens is 616 g/mol. The lowest BCUT2D eigenvalue weighted by atomic mass is 9.96. The summed E-state index contributed by atoms with van der Waals surface area (Å²) in [7, 11) is 0. The van der Waals surface area contributed by atoms with E-state index in [4.69, 9.17) is 26.1 Å². The molecule has 0 spiro atoms. The Labute approximate surface area is 280 Å². The van der Waals surface area contributed by atoms with Crippen molar-refractivity contribution in [1.29, 1.82) is 0 Å². The van der Waals surface area contributed by atoms with E-state index in [1.165, 1.54) is 0 Å². The first-order valence-electron chi connectivity index (χ1n) is 15.8. The molecular formula is C36H39ClN6O4. The highest BCUT2D eigenvalue weighted by molar-refractivity contribution is 6.30. The molecule has 2 amide bonds. The van der Waals surface area contributed by atoms with Gasteiger partial charge in [0.2, 0.25) is 5.91 Å². The molecule has 2 atom stereocenters. The third-order valence-corrected chi connectivity index (χ3v) is 8.77. The quantitative estimate of drug-likeness (QED) is 0.205. The van der Waals surface area contributed by atoms with Gasteiger partial charge in [-0.25, -0.2) is 9.78 Å². The molecule has 1 fully saturated rings. The topological polar surface area (TPSA) is 93.0 Å². The maximum atomic E-state index is 14.7. The van der Waals surface area contributed by atoms with Gasteiger partial charge in [0.15, 0.2) is 0 Å². The fourth-order valence-electron chi connectivity index (χ4n) is 6.35. The van der Waals surface area contributed by atoms with E-state index < -0.39 is 12.1 Å². The second-order valence-corrected chi connectivity index (χ2v) is 12.5. The van der Waals surface area contributed by atoms with Crippen molar-refractivity contribution in [3.8, 4) is 5.75 Å². The lowest BCUT2D eigenvalue weighted by molar-refractivity contribution is -0.139. The minimum atomic E-state index is -0.818. The first kappa shape index (κ1) is 32.3. The van der Waals surface area contributed by atoms with E-state index in [0.29, 0.717) is 50.0 Å². The number of amides is 2. The van der Waals surface area contributed by atoms with Crippen LogP contribution in [0.3, 0.4) is 0 Å². The molecule has 244 valence electrons. The smallest absolute Gasteiger partial charge is 0.415 e. The molecule has 4 heterocycles. The first-order valence-corrected chi connectivity index (χ1v) is 16.2. The lowest BCUT2D eigenvalue weighted by Gasteiger charge is -2.44. The van der Waals surface area contributed by atoms with E-state index in [1.54, 1.807) is 24.3 Å². The monoisotopic (exact) mass is 654 g/mol. The predicted molar refractivity (Wildman–Crippen MR) is 179 cm³/mol. The van der Waals surface area contributed by atoms with Gasteiger partial charge in [-0.1, -0.05) is 60.6 Å². The van der Waals surface area contributed by atoms with Crippen LogP contribution in [0.5, 0.6) is 5.75 Å².